The summed E-state index contributed by atoms with van der Waals surface area (Å²) in [5, 5.41) is 17.5. The fourth-order valence-corrected chi connectivity index (χ4v) is 2.74. The van der Waals surface area contributed by atoms with E-state index in [-0.39, 0.29) is 22.1 Å². The van der Waals surface area contributed by atoms with Gasteiger partial charge in [0.05, 0.1) is 4.92 Å². The highest BCUT2D eigenvalue weighted by Gasteiger charge is 2.35. The molecule has 0 amide bonds. The van der Waals surface area contributed by atoms with Gasteiger partial charge in [0, 0.05) is 18.7 Å². The van der Waals surface area contributed by atoms with E-state index in [9.17, 15) is 10.1 Å². The van der Waals surface area contributed by atoms with Gasteiger partial charge in [0.25, 0.3) is 0 Å². The highest BCUT2D eigenvalue weighted by molar-refractivity contribution is 5.60. The lowest BCUT2D eigenvalue weighted by atomic mass is 9.87. The molecular weight excluding hydrogens is 256 g/mol. The van der Waals surface area contributed by atoms with Crippen molar-refractivity contribution in [3.05, 3.63) is 22.2 Å². The molecule has 1 saturated carbocycles. The molecule has 1 fully saturated rings. The maximum atomic E-state index is 11.1. The second-order valence-corrected chi connectivity index (χ2v) is 5.93. The van der Waals surface area contributed by atoms with Crippen LogP contribution in [-0.2, 0) is 0 Å². The molecule has 0 radical (unpaired) electrons. The summed E-state index contributed by atoms with van der Waals surface area (Å²) in [6.07, 6.45) is 3.30. The summed E-state index contributed by atoms with van der Waals surface area (Å²) in [5.41, 5.74) is 0.179. The van der Waals surface area contributed by atoms with Crippen LogP contribution in [0.25, 0.3) is 0 Å². The third-order valence-corrected chi connectivity index (χ3v) is 4.00. The zero-order chi connectivity index (χ0) is 14.8. The summed E-state index contributed by atoms with van der Waals surface area (Å²) >= 11 is 0. The number of pyridine rings is 1. The normalized spacial score (nSPS) is 20.6. The Morgan fingerprint density at radius 1 is 1.50 bits per heavy atom. The molecule has 1 aliphatic rings. The van der Waals surface area contributed by atoms with Crippen LogP contribution < -0.4 is 10.6 Å². The summed E-state index contributed by atoms with van der Waals surface area (Å²) in [7, 11) is 0. The summed E-state index contributed by atoms with van der Waals surface area (Å²) in [5.74, 6) is 1.03. The summed E-state index contributed by atoms with van der Waals surface area (Å²) in [4.78, 5) is 15.1. The molecule has 1 heterocycles. The Morgan fingerprint density at radius 2 is 2.25 bits per heavy atom. The number of aromatic nitrogens is 1. The first-order valence-corrected chi connectivity index (χ1v) is 7.10. The molecule has 0 aliphatic heterocycles. The maximum absolute atomic E-state index is 11.1. The SMILES string of the molecule is CCNc1ccc([N+](=O)[O-])c(NC2CCCC2(C)C)n1. The van der Waals surface area contributed by atoms with Gasteiger partial charge in [-0.2, -0.15) is 0 Å². The number of nitrogens with one attached hydrogen (secondary N) is 2. The van der Waals surface area contributed by atoms with E-state index in [0.717, 1.165) is 25.8 Å². The highest BCUT2D eigenvalue weighted by Crippen LogP contribution is 2.40. The van der Waals surface area contributed by atoms with Crippen LogP contribution in [0.2, 0.25) is 0 Å². The van der Waals surface area contributed by atoms with E-state index in [1.54, 1.807) is 6.07 Å². The van der Waals surface area contributed by atoms with Gasteiger partial charge in [0.15, 0.2) is 0 Å². The highest BCUT2D eigenvalue weighted by atomic mass is 16.6. The molecular formula is C14H22N4O2. The van der Waals surface area contributed by atoms with Gasteiger partial charge in [0.1, 0.15) is 5.82 Å². The van der Waals surface area contributed by atoms with E-state index in [1.165, 1.54) is 6.07 Å². The number of rotatable bonds is 5. The minimum Gasteiger partial charge on any atom is -0.370 e. The Balaban J connectivity index is 2.28. The molecule has 6 nitrogen and oxygen atoms in total. The zero-order valence-corrected chi connectivity index (χ0v) is 12.3. The summed E-state index contributed by atoms with van der Waals surface area (Å²) in [6, 6.07) is 3.38. The van der Waals surface area contributed by atoms with Gasteiger partial charge < -0.3 is 10.6 Å². The second-order valence-electron chi connectivity index (χ2n) is 5.93. The smallest absolute Gasteiger partial charge is 0.311 e. The van der Waals surface area contributed by atoms with Crippen LogP contribution in [0.1, 0.15) is 40.0 Å². The lowest BCUT2D eigenvalue weighted by Gasteiger charge is -2.28. The standard InChI is InChI=1S/C14H22N4O2/c1-4-15-12-8-7-10(18(19)20)13(17-12)16-11-6-5-9-14(11,2)3/h7-8,11H,4-6,9H2,1-3H3,(H2,15,16,17). The molecule has 0 spiro atoms. The second kappa shape index (κ2) is 5.64. The van der Waals surface area contributed by atoms with Crippen molar-refractivity contribution in [2.45, 2.75) is 46.1 Å². The number of hydrogen-bond donors (Lipinski definition) is 2. The summed E-state index contributed by atoms with van der Waals surface area (Å²) < 4.78 is 0. The van der Waals surface area contributed by atoms with Crippen LogP contribution in [-0.4, -0.2) is 22.5 Å². The minimum atomic E-state index is -0.382. The zero-order valence-electron chi connectivity index (χ0n) is 12.3. The molecule has 0 bridgehead atoms. The molecule has 2 N–H and O–H groups in total. The van der Waals surface area contributed by atoms with E-state index in [2.05, 4.69) is 29.5 Å². The molecule has 1 aliphatic carbocycles. The van der Waals surface area contributed by atoms with Crippen molar-refractivity contribution in [1.29, 1.82) is 0 Å². The van der Waals surface area contributed by atoms with Gasteiger partial charge in [-0.25, -0.2) is 4.98 Å². The Kier molecular flexibility index (Phi) is 4.11. The molecule has 0 saturated heterocycles. The average molecular weight is 278 g/mol. The van der Waals surface area contributed by atoms with Gasteiger partial charge in [-0.15, -0.1) is 0 Å². The number of hydrogen-bond acceptors (Lipinski definition) is 5. The monoisotopic (exact) mass is 278 g/mol. The molecule has 6 heteroatoms. The molecule has 1 aromatic heterocycles. The third-order valence-electron chi connectivity index (χ3n) is 4.00. The van der Waals surface area contributed by atoms with Crippen molar-refractivity contribution >= 4 is 17.3 Å². The third kappa shape index (κ3) is 3.00. The molecule has 0 aromatic carbocycles. The lowest BCUT2D eigenvalue weighted by molar-refractivity contribution is -0.384. The van der Waals surface area contributed by atoms with Crippen LogP contribution in [0.3, 0.4) is 0 Å². The van der Waals surface area contributed by atoms with Crippen molar-refractivity contribution < 1.29 is 4.92 Å². The molecule has 110 valence electrons. The first-order valence-electron chi connectivity index (χ1n) is 7.10. The molecule has 20 heavy (non-hydrogen) atoms. The molecule has 1 unspecified atom stereocenters. The van der Waals surface area contributed by atoms with Crippen molar-refractivity contribution in [2.24, 2.45) is 5.41 Å². The van der Waals surface area contributed by atoms with Gasteiger partial charge >= 0.3 is 5.69 Å². The fourth-order valence-electron chi connectivity index (χ4n) is 2.74. The van der Waals surface area contributed by atoms with Crippen molar-refractivity contribution in [1.82, 2.24) is 4.98 Å². The summed E-state index contributed by atoms with van der Waals surface area (Å²) in [6.45, 7) is 7.09. The van der Waals surface area contributed by atoms with Crippen LogP contribution in [0.15, 0.2) is 12.1 Å². The fraction of sp³-hybridized carbons (Fsp3) is 0.643. The van der Waals surface area contributed by atoms with Crippen LogP contribution >= 0.6 is 0 Å². The largest absolute Gasteiger partial charge is 0.370 e. The first-order chi connectivity index (χ1) is 9.44. The van der Waals surface area contributed by atoms with Crippen molar-refractivity contribution in [2.75, 3.05) is 17.2 Å². The van der Waals surface area contributed by atoms with E-state index >= 15 is 0 Å². The minimum absolute atomic E-state index is 0.0364. The number of nitro groups is 1. The first kappa shape index (κ1) is 14.6. The van der Waals surface area contributed by atoms with Gasteiger partial charge in [0.2, 0.25) is 5.82 Å². The van der Waals surface area contributed by atoms with E-state index < -0.39 is 0 Å². The van der Waals surface area contributed by atoms with Crippen LogP contribution in [0, 0.1) is 15.5 Å². The predicted molar refractivity (Wildman–Crippen MR) is 80.1 cm³/mol. The van der Waals surface area contributed by atoms with E-state index in [4.69, 9.17) is 0 Å². The van der Waals surface area contributed by atoms with Crippen molar-refractivity contribution in [3.63, 3.8) is 0 Å². The predicted octanol–water partition coefficient (Wildman–Crippen LogP) is 3.41. The number of anilines is 2. The van der Waals surface area contributed by atoms with Gasteiger partial charge in [-0.1, -0.05) is 20.3 Å². The number of nitrogens with zero attached hydrogens (tertiary/aromatic N) is 2. The maximum Gasteiger partial charge on any atom is 0.311 e. The Labute approximate surface area is 119 Å². The Hall–Kier alpha value is -1.85. The molecule has 2 rings (SSSR count). The van der Waals surface area contributed by atoms with Crippen LogP contribution in [0.5, 0.6) is 0 Å². The van der Waals surface area contributed by atoms with Crippen molar-refractivity contribution in [3.8, 4) is 0 Å². The van der Waals surface area contributed by atoms with Gasteiger partial charge in [-0.3, -0.25) is 10.1 Å². The molecule has 1 aromatic rings. The van der Waals surface area contributed by atoms with Crippen LogP contribution in [0.4, 0.5) is 17.3 Å². The Morgan fingerprint density at radius 3 is 2.80 bits per heavy atom. The topological polar surface area (TPSA) is 80.1 Å². The lowest BCUT2D eigenvalue weighted by Crippen LogP contribution is -2.31. The van der Waals surface area contributed by atoms with E-state index in [1.807, 2.05) is 6.92 Å². The Bertz CT molecular complexity index is 502. The quantitative estimate of drug-likeness (QED) is 0.637. The average Bonchev–Trinajstić information content (AvgIpc) is 2.69. The molecule has 1 atom stereocenters. The van der Waals surface area contributed by atoms with Gasteiger partial charge in [-0.05, 0) is 31.2 Å². The van der Waals surface area contributed by atoms with E-state index in [0.29, 0.717) is 11.6 Å².